The molecular formula is C24H24N6O. The van der Waals surface area contributed by atoms with Gasteiger partial charge in [-0.2, -0.15) is 0 Å². The van der Waals surface area contributed by atoms with Gasteiger partial charge in [0.25, 0.3) is 0 Å². The fourth-order valence-electron chi connectivity index (χ4n) is 3.34. The molecule has 0 saturated carbocycles. The number of hydrogen-bond acceptors (Lipinski definition) is 5. The molecule has 0 radical (unpaired) electrons. The van der Waals surface area contributed by atoms with Gasteiger partial charge in [-0.3, -0.25) is 9.78 Å². The van der Waals surface area contributed by atoms with Crippen LogP contribution >= 0.6 is 0 Å². The number of anilines is 2. The average Bonchev–Trinajstić information content (AvgIpc) is 3.35. The lowest BCUT2D eigenvalue weighted by molar-refractivity contribution is -0.107. The third-order valence-corrected chi connectivity index (χ3v) is 4.90. The van der Waals surface area contributed by atoms with E-state index in [-0.39, 0.29) is 0 Å². The molecule has 4 rings (SSSR count). The predicted molar refractivity (Wildman–Crippen MR) is 121 cm³/mol. The highest BCUT2D eigenvalue weighted by molar-refractivity contribution is 5.83. The zero-order chi connectivity index (χ0) is 21.3. The molecule has 1 N–H and O–H groups in total. The molecule has 4 aromatic rings. The van der Waals surface area contributed by atoms with Gasteiger partial charge < -0.3 is 14.8 Å². The highest BCUT2D eigenvalue weighted by Crippen LogP contribution is 2.28. The van der Waals surface area contributed by atoms with E-state index in [0.29, 0.717) is 12.4 Å². The Morgan fingerprint density at radius 3 is 2.65 bits per heavy atom. The molecule has 0 aliphatic rings. The van der Waals surface area contributed by atoms with Crippen molar-refractivity contribution < 1.29 is 4.79 Å². The number of carbonyl (C=O) groups excluding carboxylic acids is 1. The van der Waals surface area contributed by atoms with E-state index in [1.54, 1.807) is 23.5 Å². The van der Waals surface area contributed by atoms with Gasteiger partial charge >= 0.3 is 0 Å². The van der Waals surface area contributed by atoms with Crippen LogP contribution in [0, 0.1) is 0 Å². The van der Waals surface area contributed by atoms with E-state index in [9.17, 15) is 4.79 Å². The Morgan fingerprint density at radius 1 is 1.00 bits per heavy atom. The van der Waals surface area contributed by atoms with E-state index < -0.39 is 0 Å². The number of benzene rings is 1. The van der Waals surface area contributed by atoms with Crippen LogP contribution in [-0.2, 0) is 17.9 Å². The van der Waals surface area contributed by atoms with Crippen LogP contribution in [0.15, 0.2) is 85.7 Å². The first-order chi connectivity index (χ1) is 15.3. The van der Waals surface area contributed by atoms with Crippen LogP contribution in [0.2, 0.25) is 0 Å². The van der Waals surface area contributed by atoms with E-state index in [0.717, 1.165) is 48.4 Å². The fourth-order valence-corrected chi connectivity index (χ4v) is 3.34. The van der Waals surface area contributed by atoms with E-state index >= 15 is 0 Å². The van der Waals surface area contributed by atoms with Crippen molar-refractivity contribution in [1.82, 2.24) is 19.5 Å². The molecule has 7 nitrogen and oxygen atoms in total. The van der Waals surface area contributed by atoms with Gasteiger partial charge in [0.15, 0.2) is 5.82 Å². The Morgan fingerprint density at radius 2 is 1.90 bits per heavy atom. The molecule has 156 valence electrons. The first-order valence-corrected chi connectivity index (χ1v) is 10.2. The van der Waals surface area contributed by atoms with Gasteiger partial charge in [-0.15, -0.1) is 0 Å². The highest BCUT2D eigenvalue weighted by Gasteiger charge is 2.14. The lowest BCUT2D eigenvalue weighted by Crippen LogP contribution is -2.22. The molecule has 0 aliphatic carbocycles. The summed E-state index contributed by atoms with van der Waals surface area (Å²) in [4.78, 5) is 26.7. The molecule has 0 aliphatic heterocycles. The number of nitrogens with zero attached hydrogens (tertiary/aromatic N) is 5. The first-order valence-electron chi connectivity index (χ1n) is 10.2. The van der Waals surface area contributed by atoms with Crippen LogP contribution < -0.4 is 10.2 Å². The van der Waals surface area contributed by atoms with Gasteiger partial charge in [-0.1, -0.05) is 36.4 Å². The third-order valence-electron chi connectivity index (χ3n) is 4.90. The minimum atomic E-state index is 0.424. The maximum absolute atomic E-state index is 11.9. The molecule has 1 aromatic carbocycles. The maximum Gasteiger partial charge on any atom is 0.214 e. The molecule has 3 heterocycles. The molecule has 1 amide bonds. The van der Waals surface area contributed by atoms with Crippen LogP contribution in [0.1, 0.15) is 12.0 Å². The van der Waals surface area contributed by atoms with Gasteiger partial charge in [-0.25, -0.2) is 9.97 Å². The minimum absolute atomic E-state index is 0.424. The summed E-state index contributed by atoms with van der Waals surface area (Å²) < 4.78 is 2.04. The summed E-state index contributed by atoms with van der Waals surface area (Å²) in [5, 5.41) is 3.43. The van der Waals surface area contributed by atoms with E-state index in [1.807, 2.05) is 71.7 Å². The largest absolute Gasteiger partial charge is 0.368 e. The second kappa shape index (κ2) is 10.2. The van der Waals surface area contributed by atoms with Crippen LogP contribution in [0.4, 0.5) is 11.5 Å². The Kier molecular flexibility index (Phi) is 6.64. The van der Waals surface area contributed by atoms with Crippen LogP contribution in [0.5, 0.6) is 0 Å². The molecule has 0 fully saturated rings. The number of aromatic nitrogens is 4. The van der Waals surface area contributed by atoms with Crippen molar-refractivity contribution in [2.45, 2.75) is 19.5 Å². The number of aryl methyl sites for hydroxylation is 1. The van der Waals surface area contributed by atoms with Gasteiger partial charge in [0.1, 0.15) is 0 Å². The van der Waals surface area contributed by atoms with Crippen molar-refractivity contribution in [2.24, 2.45) is 0 Å². The SMILES string of the molecule is O=CN(Cc1cccnc1)c1ccc(-c2ccccc2)nc1NCCCn1ccnc1. The minimum Gasteiger partial charge on any atom is -0.368 e. The van der Waals surface area contributed by atoms with E-state index in [4.69, 9.17) is 4.98 Å². The number of imidazole rings is 1. The molecule has 7 heteroatoms. The van der Waals surface area contributed by atoms with E-state index in [1.165, 1.54) is 0 Å². The molecule has 0 bridgehead atoms. The zero-order valence-electron chi connectivity index (χ0n) is 17.1. The predicted octanol–water partition coefficient (Wildman–Crippen LogP) is 4.01. The highest BCUT2D eigenvalue weighted by atomic mass is 16.1. The standard InChI is InChI=1S/C24H24N6O/c31-19-30(17-20-6-4-11-25-16-20)23-10-9-22(21-7-2-1-3-8-21)28-24(23)27-12-5-14-29-15-13-26-18-29/h1-4,6-11,13,15-16,18-19H,5,12,14,17H2,(H,27,28). The number of amides is 1. The number of nitrogens with one attached hydrogen (secondary N) is 1. The third kappa shape index (κ3) is 5.33. The molecule has 3 aromatic heterocycles. The molecule has 0 atom stereocenters. The maximum atomic E-state index is 11.9. The average molecular weight is 412 g/mol. The Balaban J connectivity index is 1.56. The monoisotopic (exact) mass is 412 g/mol. The Labute approximate surface area is 181 Å². The quantitative estimate of drug-likeness (QED) is 0.315. The molecular weight excluding hydrogens is 388 g/mol. The van der Waals surface area contributed by atoms with Gasteiger partial charge in [0.2, 0.25) is 6.41 Å². The van der Waals surface area contributed by atoms with Crippen molar-refractivity contribution >= 4 is 17.9 Å². The summed E-state index contributed by atoms with van der Waals surface area (Å²) in [6.07, 6.45) is 10.7. The number of carbonyl (C=O) groups is 1. The van der Waals surface area contributed by atoms with Crippen LogP contribution in [0.25, 0.3) is 11.3 Å². The normalized spacial score (nSPS) is 10.6. The summed E-state index contributed by atoms with van der Waals surface area (Å²) in [6.45, 7) is 2.00. The number of rotatable bonds is 10. The molecule has 0 saturated heterocycles. The smallest absolute Gasteiger partial charge is 0.214 e. The summed E-state index contributed by atoms with van der Waals surface area (Å²) in [5.41, 5.74) is 3.57. The summed E-state index contributed by atoms with van der Waals surface area (Å²) in [6, 6.07) is 17.7. The van der Waals surface area contributed by atoms with Crippen molar-refractivity contribution in [3.05, 3.63) is 91.3 Å². The molecule has 31 heavy (non-hydrogen) atoms. The zero-order valence-corrected chi connectivity index (χ0v) is 17.1. The lowest BCUT2D eigenvalue weighted by Gasteiger charge is -2.21. The summed E-state index contributed by atoms with van der Waals surface area (Å²) in [5.74, 6) is 0.683. The first kappa shape index (κ1) is 20.3. The summed E-state index contributed by atoms with van der Waals surface area (Å²) >= 11 is 0. The van der Waals surface area contributed by atoms with Crippen LogP contribution in [0.3, 0.4) is 0 Å². The Bertz CT molecular complexity index is 1080. The molecule has 0 spiro atoms. The number of hydrogen-bond donors (Lipinski definition) is 1. The fraction of sp³-hybridized carbons (Fsp3) is 0.167. The van der Waals surface area contributed by atoms with Gasteiger partial charge in [0.05, 0.1) is 24.3 Å². The molecule has 0 unspecified atom stereocenters. The topological polar surface area (TPSA) is 75.9 Å². The lowest BCUT2D eigenvalue weighted by atomic mass is 10.1. The van der Waals surface area contributed by atoms with Crippen molar-refractivity contribution in [3.8, 4) is 11.3 Å². The second-order valence-electron chi connectivity index (χ2n) is 7.11. The van der Waals surface area contributed by atoms with Gasteiger partial charge in [-0.05, 0) is 30.2 Å². The van der Waals surface area contributed by atoms with E-state index in [2.05, 4.69) is 15.3 Å². The van der Waals surface area contributed by atoms with Crippen LogP contribution in [-0.4, -0.2) is 32.5 Å². The summed E-state index contributed by atoms with van der Waals surface area (Å²) in [7, 11) is 0. The Hall–Kier alpha value is -4.00. The van der Waals surface area contributed by atoms with Crippen molar-refractivity contribution in [1.29, 1.82) is 0 Å². The van der Waals surface area contributed by atoms with Crippen molar-refractivity contribution in [3.63, 3.8) is 0 Å². The van der Waals surface area contributed by atoms with Crippen molar-refractivity contribution in [2.75, 3.05) is 16.8 Å². The number of pyridine rings is 2. The van der Waals surface area contributed by atoms with Gasteiger partial charge in [0, 0.05) is 43.4 Å². The second-order valence-corrected chi connectivity index (χ2v) is 7.11.